The number of thiazole rings is 6. The summed E-state index contributed by atoms with van der Waals surface area (Å²) in [4.78, 5) is 40.3. The molecule has 6 aromatic rings. The van der Waals surface area contributed by atoms with E-state index in [9.17, 15) is 15.0 Å². The van der Waals surface area contributed by atoms with Crippen LogP contribution in [0.15, 0.2) is 34.7 Å². The first-order chi connectivity index (χ1) is 23.5. The number of carbonyl (C=O) groups excluding carboxylic acids is 1. The summed E-state index contributed by atoms with van der Waals surface area (Å²) in [5.41, 5.74) is 2.20. The zero-order valence-electron chi connectivity index (χ0n) is 28.6. The van der Waals surface area contributed by atoms with Crippen molar-refractivity contribution < 1.29 is 15.0 Å². The summed E-state index contributed by atoms with van der Waals surface area (Å²) in [6.07, 6.45) is 8.48. The van der Waals surface area contributed by atoms with Crippen molar-refractivity contribution in [1.82, 2.24) is 29.9 Å². The molecular weight excluding hydrogens is 733 g/mol. The lowest BCUT2D eigenvalue weighted by Crippen LogP contribution is -1.99. The lowest BCUT2D eigenvalue weighted by molar-refractivity contribution is 0.111. The van der Waals surface area contributed by atoms with Gasteiger partial charge in [0.1, 0.15) is 5.69 Å². The summed E-state index contributed by atoms with van der Waals surface area (Å²) in [6, 6.07) is 0. The number of aldehydes is 1. The number of aliphatic hydroxyl groups excluding tert-OH is 2. The van der Waals surface area contributed by atoms with Crippen LogP contribution in [0, 0.1) is 17.8 Å². The quantitative estimate of drug-likeness (QED) is 0.117. The highest BCUT2D eigenvalue weighted by molar-refractivity contribution is 7.21. The Balaban J connectivity index is 0.000000166. The van der Waals surface area contributed by atoms with Crippen LogP contribution in [-0.4, -0.2) is 46.4 Å². The van der Waals surface area contributed by atoms with E-state index in [1.54, 1.807) is 93.5 Å². The fourth-order valence-corrected chi connectivity index (χ4v) is 10.4. The van der Waals surface area contributed by atoms with Crippen LogP contribution in [0.25, 0.3) is 30.0 Å². The standard InChI is InChI=1S/C12H16N2OS2.C11H14N2OS2.C11H12N2OS2/c1-7(2)6-9-10(8(3)15)14-12(17-9)11-13-4-5-16-11;2*1-7(2)5-9-8(6-14)13-11(16-9)10-12-3-4-15-10/h4-5,7-8,15H,6H2,1-3H3;3-4,7,14H,5-6H2,1-2H3;3-4,6-7H,5H2,1-2H3. The van der Waals surface area contributed by atoms with Gasteiger partial charge in [-0.2, -0.15) is 0 Å². The van der Waals surface area contributed by atoms with Crippen molar-refractivity contribution >= 4 is 74.3 Å². The van der Waals surface area contributed by atoms with E-state index in [0.717, 1.165) is 71.9 Å². The molecular formula is C34H42N6O3S6. The Labute approximate surface area is 311 Å². The van der Waals surface area contributed by atoms with Crippen LogP contribution in [0.5, 0.6) is 0 Å². The van der Waals surface area contributed by atoms with E-state index >= 15 is 0 Å². The van der Waals surface area contributed by atoms with Crippen molar-refractivity contribution in [3.05, 3.63) is 66.4 Å². The molecule has 15 heteroatoms. The van der Waals surface area contributed by atoms with Gasteiger partial charge in [-0.05, 0) is 43.9 Å². The molecule has 6 rings (SSSR count). The van der Waals surface area contributed by atoms with Crippen LogP contribution in [0.3, 0.4) is 0 Å². The molecule has 1 atom stereocenters. The zero-order valence-corrected chi connectivity index (χ0v) is 33.5. The van der Waals surface area contributed by atoms with Crippen LogP contribution >= 0.6 is 68.0 Å². The molecule has 49 heavy (non-hydrogen) atoms. The second-order valence-electron chi connectivity index (χ2n) is 12.3. The molecule has 0 fully saturated rings. The van der Waals surface area contributed by atoms with Gasteiger partial charge in [0.05, 0.1) is 24.1 Å². The smallest absolute Gasteiger partial charge is 0.169 e. The maximum atomic E-state index is 10.9. The number of hydrogen-bond acceptors (Lipinski definition) is 15. The maximum absolute atomic E-state index is 10.9. The average Bonchev–Trinajstić information content (AvgIpc) is 3.89. The lowest BCUT2D eigenvalue weighted by Gasteiger charge is -2.06. The summed E-state index contributed by atoms with van der Waals surface area (Å²) < 4.78 is 0. The lowest BCUT2D eigenvalue weighted by atomic mass is 10.1. The van der Waals surface area contributed by atoms with E-state index in [4.69, 9.17) is 0 Å². The van der Waals surface area contributed by atoms with Crippen molar-refractivity contribution in [2.24, 2.45) is 17.8 Å². The maximum Gasteiger partial charge on any atom is 0.169 e. The van der Waals surface area contributed by atoms with Gasteiger partial charge in [0.2, 0.25) is 0 Å². The predicted molar refractivity (Wildman–Crippen MR) is 207 cm³/mol. The van der Waals surface area contributed by atoms with Gasteiger partial charge in [0, 0.05) is 49.4 Å². The Bertz CT molecular complexity index is 1820. The molecule has 0 aliphatic heterocycles. The Morgan fingerprint density at radius 3 is 1.47 bits per heavy atom. The summed E-state index contributed by atoms with van der Waals surface area (Å²) in [5, 5.41) is 30.3. The zero-order chi connectivity index (χ0) is 35.5. The van der Waals surface area contributed by atoms with E-state index in [2.05, 4.69) is 71.4 Å². The third-order valence-corrected chi connectivity index (χ3v) is 12.6. The summed E-state index contributed by atoms with van der Waals surface area (Å²) in [7, 11) is 0. The highest BCUT2D eigenvalue weighted by Gasteiger charge is 2.19. The van der Waals surface area contributed by atoms with Crippen molar-refractivity contribution in [2.45, 2.75) is 80.4 Å². The number of carbonyl (C=O) groups is 1. The Kier molecular flexibility index (Phi) is 15.3. The minimum atomic E-state index is -0.506. The molecule has 0 saturated carbocycles. The third-order valence-electron chi connectivity index (χ3n) is 6.52. The second-order valence-corrected chi connectivity index (χ2v) is 18.2. The van der Waals surface area contributed by atoms with Gasteiger partial charge in [0.15, 0.2) is 36.3 Å². The molecule has 9 nitrogen and oxygen atoms in total. The summed E-state index contributed by atoms with van der Waals surface area (Å²) in [6.45, 7) is 14.8. The molecule has 2 N–H and O–H groups in total. The van der Waals surface area contributed by atoms with Gasteiger partial charge in [-0.1, -0.05) is 41.5 Å². The van der Waals surface area contributed by atoms with Gasteiger partial charge < -0.3 is 10.2 Å². The van der Waals surface area contributed by atoms with Crippen LogP contribution in [-0.2, 0) is 25.9 Å². The summed E-state index contributed by atoms with van der Waals surface area (Å²) >= 11 is 9.59. The highest BCUT2D eigenvalue weighted by Crippen LogP contribution is 2.34. The Hall–Kier alpha value is -2.63. The number of nitrogens with zero attached hydrogens (tertiary/aromatic N) is 6. The fraction of sp³-hybridized carbons (Fsp3) is 0.441. The number of aromatic nitrogens is 6. The first-order valence-electron chi connectivity index (χ1n) is 15.9. The molecule has 0 saturated heterocycles. The van der Waals surface area contributed by atoms with Gasteiger partial charge in [0.25, 0.3) is 0 Å². The normalized spacial score (nSPS) is 11.8. The number of rotatable bonds is 12. The van der Waals surface area contributed by atoms with Crippen LogP contribution in [0.4, 0.5) is 0 Å². The molecule has 0 aromatic carbocycles. The molecule has 0 bridgehead atoms. The minimum absolute atomic E-state index is 0.0178. The van der Waals surface area contributed by atoms with E-state index in [0.29, 0.717) is 23.4 Å². The monoisotopic (exact) mass is 774 g/mol. The molecule has 0 spiro atoms. The third kappa shape index (κ3) is 11.4. The van der Waals surface area contributed by atoms with Crippen molar-refractivity contribution in [1.29, 1.82) is 0 Å². The molecule has 0 aliphatic carbocycles. The highest BCUT2D eigenvalue weighted by atomic mass is 32.1. The molecule has 0 amide bonds. The van der Waals surface area contributed by atoms with Crippen LogP contribution in [0.1, 0.15) is 91.1 Å². The molecule has 0 radical (unpaired) electrons. The fourth-order valence-electron chi connectivity index (χ4n) is 4.48. The van der Waals surface area contributed by atoms with Gasteiger partial charge >= 0.3 is 0 Å². The van der Waals surface area contributed by atoms with Gasteiger partial charge in [-0.3, -0.25) is 4.79 Å². The van der Waals surface area contributed by atoms with E-state index in [1.165, 1.54) is 9.75 Å². The molecule has 0 aliphatic rings. The van der Waals surface area contributed by atoms with E-state index < -0.39 is 6.10 Å². The topological polar surface area (TPSA) is 135 Å². The van der Waals surface area contributed by atoms with Gasteiger partial charge in [-0.15, -0.1) is 68.0 Å². The van der Waals surface area contributed by atoms with E-state index in [-0.39, 0.29) is 6.61 Å². The number of hydrogen-bond donors (Lipinski definition) is 2. The Morgan fingerprint density at radius 1 is 0.612 bits per heavy atom. The first kappa shape index (κ1) is 39.2. The largest absolute Gasteiger partial charge is 0.390 e. The molecule has 6 aromatic heterocycles. The number of aliphatic hydroxyl groups is 2. The minimum Gasteiger partial charge on any atom is -0.390 e. The predicted octanol–water partition coefficient (Wildman–Crippen LogP) is 9.75. The van der Waals surface area contributed by atoms with Crippen molar-refractivity contribution in [3.63, 3.8) is 0 Å². The van der Waals surface area contributed by atoms with E-state index in [1.807, 2.05) is 16.1 Å². The average molecular weight is 775 g/mol. The Morgan fingerprint density at radius 2 is 1.04 bits per heavy atom. The molecule has 1 unspecified atom stereocenters. The van der Waals surface area contributed by atoms with Crippen molar-refractivity contribution in [2.75, 3.05) is 0 Å². The second kappa shape index (κ2) is 19.1. The van der Waals surface area contributed by atoms with Crippen molar-refractivity contribution in [3.8, 4) is 30.0 Å². The molecule has 262 valence electrons. The first-order valence-corrected chi connectivity index (χ1v) is 21.0. The van der Waals surface area contributed by atoms with Crippen LogP contribution < -0.4 is 0 Å². The SMILES string of the molecule is CC(C)Cc1sc(-c2nccs2)nc1C(C)O.CC(C)Cc1sc(-c2nccs2)nc1C=O.CC(C)Cc1sc(-c2nccs2)nc1CO. The van der Waals surface area contributed by atoms with Crippen LogP contribution in [0.2, 0.25) is 0 Å². The molecule has 6 heterocycles. The van der Waals surface area contributed by atoms with Gasteiger partial charge in [-0.25, -0.2) is 29.9 Å². The summed E-state index contributed by atoms with van der Waals surface area (Å²) in [5.74, 6) is 1.68.